The van der Waals surface area contributed by atoms with Crippen molar-refractivity contribution in [1.82, 2.24) is 0 Å². The molecule has 2 aromatic rings. The maximum absolute atomic E-state index is 12.2. The van der Waals surface area contributed by atoms with E-state index in [1.807, 2.05) is 12.1 Å². The van der Waals surface area contributed by atoms with Gasteiger partial charge in [0.2, 0.25) is 0 Å². The zero-order valence-corrected chi connectivity index (χ0v) is 16.3. The molecule has 150 valence electrons. The number of carbonyl (C=O) groups excluding carboxylic acids is 2. The third-order valence-electron chi connectivity index (χ3n) is 3.94. The van der Waals surface area contributed by atoms with Crippen molar-refractivity contribution in [2.24, 2.45) is 0 Å². The van der Waals surface area contributed by atoms with E-state index in [1.165, 1.54) is 14.0 Å². The lowest BCUT2D eigenvalue weighted by Gasteiger charge is -2.15. The standard InChI is InChI=1S/C22H22N2O5/c1-4-7-16-10-11-19(20(12-16)27-3)28-14-21(25)29-15(2)22(26)24-18-9-6-5-8-17(18)13-23/h4-6,8-12,15H,1,7,14H2,2-3H3,(H,24,26)/t15-/m1/s1. The number of nitrogens with zero attached hydrogens (tertiary/aromatic N) is 1. The quantitative estimate of drug-likeness (QED) is 0.518. The smallest absolute Gasteiger partial charge is 0.344 e. The number of methoxy groups -OCH3 is 1. The van der Waals surface area contributed by atoms with Gasteiger partial charge in [0.05, 0.1) is 18.4 Å². The molecule has 1 atom stereocenters. The van der Waals surface area contributed by atoms with Gasteiger partial charge in [0.15, 0.2) is 24.2 Å². The Morgan fingerprint density at radius 1 is 1.24 bits per heavy atom. The molecule has 7 nitrogen and oxygen atoms in total. The normalized spacial score (nSPS) is 10.9. The van der Waals surface area contributed by atoms with E-state index in [4.69, 9.17) is 19.5 Å². The summed E-state index contributed by atoms with van der Waals surface area (Å²) in [6, 6.07) is 13.9. The number of rotatable bonds is 9. The van der Waals surface area contributed by atoms with Crippen LogP contribution in [-0.4, -0.2) is 31.7 Å². The van der Waals surface area contributed by atoms with Crippen LogP contribution < -0.4 is 14.8 Å². The maximum atomic E-state index is 12.2. The van der Waals surface area contributed by atoms with Gasteiger partial charge >= 0.3 is 5.97 Å². The molecule has 0 aliphatic rings. The number of nitriles is 1. The third-order valence-corrected chi connectivity index (χ3v) is 3.94. The van der Waals surface area contributed by atoms with Gasteiger partial charge in [-0.05, 0) is 43.2 Å². The van der Waals surface area contributed by atoms with E-state index < -0.39 is 18.0 Å². The lowest BCUT2D eigenvalue weighted by Crippen LogP contribution is -2.31. The van der Waals surface area contributed by atoms with Gasteiger partial charge in [0.1, 0.15) is 6.07 Å². The molecule has 0 unspecified atom stereocenters. The average molecular weight is 394 g/mol. The minimum Gasteiger partial charge on any atom is -0.493 e. The molecule has 29 heavy (non-hydrogen) atoms. The number of esters is 1. The van der Waals surface area contributed by atoms with Crippen LogP contribution >= 0.6 is 0 Å². The lowest BCUT2D eigenvalue weighted by atomic mass is 10.1. The monoisotopic (exact) mass is 394 g/mol. The van der Waals surface area contributed by atoms with Crippen molar-refractivity contribution < 1.29 is 23.8 Å². The predicted octanol–water partition coefficient (Wildman–Crippen LogP) is 3.24. The number of para-hydroxylation sites is 1. The van der Waals surface area contributed by atoms with E-state index in [1.54, 1.807) is 42.5 Å². The van der Waals surface area contributed by atoms with Crippen LogP contribution in [0, 0.1) is 11.3 Å². The molecule has 2 aromatic carbocycles. The summed E-state index contributed by atoms with van der Waals surface area (Å²) in [6.45, 7) is 4.74. The highest BCUT2D eigenvalue weighted by atomic mass is 16.6. The number of allylic oxidation sites excluding steroid dienone is 1. The van der Waals surface area contributed by atoms with E-state index in [9.17, 15) is 9.59 Å². The van der Waals surface area contributed by atoms with Gasteiger partial charge in [-0.15, -0.1) is 6.58 Å². The van der Waals surface area contributed by atoms with Crippen molar-refractivity contribution in [2.45, 2.75) is 19.4 Å². The summed E-state index contributed by atoms with van der Waals surface area (Å²) in [4.78, 5) is 24.3. The Kier molecular flexibility index (Phi) is 7.80. The second kappa shape index (κ2) is 10.5. The van der Waals surface area contributed by atoms with Crippen LogP contribution in [0.15, 0.2) is 55.1 Å². The molecule has 0 spiro atoms. The van der Waals surface area contributed by atoms with E-state index in [0.29, 0.717) is 29.2 Å². The van der Waals surface area contributed by atoms with Crippen LogP contribution in [0.3, 0.4) is 0 Å². The summed E-state index contributed by atoms with van der Waals surface area (Å²) in [5, 5.41) is 11.6. The predicted molar refractivity (Wildman–Crippen MR) is 108 cm³/mol. The topological polar surface area (TPSA) is 97.6 Å². The number of ether oxygens (including phenoxy) is 3. The molecular formula is C22H22N2O5. The molecule has 0 aliphatic carbocycles. The highest BCUT2D eigenvalue weighted by molar-refractivity contribution is 5.96. The number of benzene rings is 2. The Morgan fingerprint density at radius 2 is 2.00 bits per heavy atom. The first-order chi connectivity index (χ1) is 14.0. The Morgan fingerprint density at radius 3 is 2.69 bits per heavy atom. The number of hydrogen-bond donors (Lipinski definition) is 1. The first-order valence-electron chi connectivity index (χ1n) is 8.88. The number of anilines is 1. The molecule has 0 aliphatic heterocycles. The van der Waals surface area contributed by atoms with Crippen LogP contribution in [0.1, 0.15) is 18.1 Å². The molecule has 0 radical (unpaired) electrons. The Bertz CT molecular complexity index is 933. The van der Waals surface area contributed by atoms with Gasteiger partial charge < -0.3 is 19.5 Å². The summed E-state index contributed by atoms with van der Waals surface area (Å²) in [7, 11) is 1.50. The molecule has 0 aromatic heterocycles. The van der Waals surface area contributed by atoms with Gasteiger partial charge in [-0.3, -0.25) is 4.79 Å². The second-order valence-electron chi connectivity index (χ2n) is 6.05. The van der Waals surface area contributed by atoms with Crippen LogP contribution in [0.5, 0.6) is 11.5 Å². The Hall–Kier alpha value is -3.79. The van der Waals surface area contributed by atoms with Gasteiger partial charge in [-0.25, -0.2) is 4.79 Å². The largest absolute Gasteiger partial charge is 0.493 e. The van der Waals surface area contributed by atoms with Crippen molar-refractivity contribution in [3.05, 3.63) is 66.2 Å². The first kappa shape index (κ1) is 21.5. The van der Waals surface area contributed by atoms with E-state index >= 15 is 0 Å². The van der Waals surface area contributed by atoms with E-state index in [-0.39, 0.29) is 6.61 Å². The van der Waals surface area contributed by atoms with Crippen LogP contribution in [-0.2, 0) is 20.7 Å². The molecular weight excluding hydrogens is 372 g/mol. The molecule has 1 amide bonds. The van der Waals surface area contributed by atoms with Gasteiger partial charge in [-0.1, -0.05) is 24.3 Å². The maximum Gasteiger partial charge on any atom is 0.344 e. The van der Waals surface area contributed by atoms with Crippen molar-refractivity contribution in [2.75, 3.05) is 19.0 Å². The van der Waals surface area contributed by atoms with Gasteiger partial charge in [-0.2, -0.15) is 5.26 Å². The highest BCUT2D eigenvalue weighted by Gasteiger charge is 2.19. The van der Waals surface area contributed by atoms with Crippen molar-refractivity contribution in [1.29, 1.82) is 5.26 Å². The fraction of sp³-hybridized carbons (Fsp3) is 0.227. The number of amides is 1. The van der Waals surface area contributed by atoms with E-state index in [0.717, 1.165) is 5.56 Å². The number of nitrogens with one attached hydrogen (secondary N) is 1. The van der Waals surface area contributed by atoms with Gasteiger partial charge in [0.25, 0.3) is 5.91 Å². The molecule has 0 saturated heterocycles. The molecule has 7 heteroatoms. The average Bonchev–Trinajstić information content (AvgIpc) is 2.73. The molecule has 0 fully saturated rings. The number of hydrogen-bond acceptors (Lipinski definition) is 6. The molecule has 0 saturated carbocycles. The van der Waals surface area contributed by atoms with Crippen molar-refractivity contribution >= 4 is 17.6 Å². The first-order valence-corrected chi connectivity index (χ1v) is 8.88. The fourth-order valence-corrected chi connectivity index (χ4v) is 2.47. The Balaban J connectivity index is 1.91. The minimum atomic E-state index is -1.06. The van der Waals surface area contributed by atoms with Gasteiger partial charge in [0, 0.05) is 0 Å². The zero-order valence-electron chi connectivity index (χ0n) is 16.3. The Labute approximate surface area is 169 Å². The second-order valence-corrected chi connectivity index (χ2v) is 6.05. The summed E-state index contributed by atoms with van der Waals surface area (Å²) in [5.74, 6) is -0.390. The van der Waals surface area contributed by atoms with Crippen LogP contribution in [0.2, 0.25) is 0 Å². The van der Waals surface area contributed by atoms with E-state index in [2.05, 4.69) is 11.9 Å². The molecule has 2 rings (SSSR count). The van der Waals surface area contributed by atoms with Crippen molar-refractivity contribution in [3.63, 3.8) is 0 Å². The lowest BCUT2D eigenvalue weighted by molar-refractivity contribution is -0.155. The summed E-state index contributed by atoms with van der Waals surface area (Å²) in [5.41, 5.74) is 1.66. The molecule has 1 N–H and O–H groups in total. The summed E-state index contributed by atoms with van der Waals surface area (Å²) >= 11 is 0. The number of carbonyl (C=O) groups is 2. The minimum absolute atomic E-state index is 0.315. The summed E-state index contributed by atoms with van der Waals surface area (Å²) in [6.07, 6.45) is 1.39. The SMILES string of the molecule is C=CCc1ccc(OCC(=O)O[C@H](C)C(=O)Nc2ccccc2C#N)c(OC)c1. The third kappa shape index (κ3) is 6.11. The highest BCUT2D eigenvalue weighted by Crippen LogP contribution is 2.28. The van der Waals surface area contributed by atoms with Crippen LogP contribution in [0.25, 0.3) is 0 Å². The summed E-state index contributed by atoms with van der Waals surface area (Å²) < 4.78 is 15.8. The molecule has 0 heterocycles. The van der Waals surface area contributed by atoms with Crippen LogP contribution in [0.4, 0.5) is 5.69 Å². The van der Waals surface area contributed by atoms with Crippen molar-refractivity contribution in [3.8, 4) is 17.6 Å². The zero-order chi connectivity index (χ0) is 21.2. The molecule has 0 bridgehead atoms. The fourth-order valence-electron chi connectivity index (χ4n) is 2.47.